The van der Waals surface area contributed by atoms with Gasteiger partial charge in [-0.25, -0.2) is 9.59 Å². The van der Waals surface area contributed by atoms with E-state index in [0.717, 1.165) is 11.3 Å². The molecular weight excluding hydrogens is 434 g/mol. The summed E-state index contributed by atoms with van der Waals surface area (Å²) in [5.74, 6) is -3.33. The number of nitrogens with zero attached hydrogens (tertiary/aromatic N) is 1. The van der Waals surface area contributed by atoms with Gasteiger partial charge in [0, 0.05) is 11.9 Å². The van der Waals surface area contributed by atoms with Crippen molar-refractivity contribution in [3.63, 3.8) is 0 Å². The third kappa shape index (κ3) is 4.81. The van der Waals surface area contributed by atoms with Crippen molar-refractivity contribution in [2.75, 3.05) is 17.2 Å². The fourth-order valence-corrected chi connectivity index (χ4v) is 3.98. The molecule has 0 atom stereocenters. The van der Waals surface area contributed by atoms with Gasteiger partial charge in [0.2, 0.25) is 0 Å². The molecule has 0 aliphatic heterocycles. The van der Waals surface area contributed by atoms with Crippen molar-refractivity contribution in [2.45, 2.75) is 13.8 Å². The second-order valence-corrected chi connectivity index (χ2v) is 7.48. The monoisotopic (exact) mass is 453 g/mol. The molecule has 3 N–H and O–H groups in total. The molecular formula is C22H19N3O6S. The topological polar surface area (TPSA) is 135 Å². The molecule has 0 saturated carbocycles. The standard InChI is InChI=1S/C22H19N3O6S/c1-3-31-22(30)15-12(2)17(19(27)24-13-8-5-4-6-9-13)32-20(15)25-18(26)16-14(21(28)29)10-7-11-23-16/h4-11H,3H2,1-2H3,(H,24,27)(H,25,26)(H,28,29). The summed E-state index contributed by atoms with van der Waals surface area (Å²) in [4.78, 5) is 53.6. The van der Waals surface area contributed by atoms with Gasteiger partial charge in [0.15, 0.2) is 0 Å². The van der Waals surface area contributed by atoms with Crippen molar-refractivity contribution in [3.05, 3.63) is 75.9 Å². The lowest BCUT2D eigenvalue weighted by Crippen LogP contribution is -2.19. The summed E-state index contributed by atoms with van der Waals surface area (Å²) in [5, 5.41) is 14.6. The normalized spacial score (nSPS) is 10.3. The minimum atomic E-state index is -1.32. The molecule has 2 amide bonds. The third-order valence-corrected chi connectivity index (χ3v) is 5.55. The van der Waals surface area contributed by atoms with Gasteiger partial charge in [-0.1, -0.05) is 18.2 Å². The van der Waals surface area contributed by atoms with Gasteiger partial charge in [-0.15, -0.1) is 11.3 Å². The molecule has 0 fully saturated rings. The maximum atomic E-state index is 12.8. The van der Waals surface area contributed by atoms with Crippen molar-refractivity contribution in [1.29, 1.82) is 0 Å². The van der Waals surface area contributed by atoms with Crippen LogP contribution in [0.4, 0.5) is 10.7 Å². The number of aromatic nitrogens is 1. The Kier molecular flexibility index (Phi) is 6.96. The molecule has 10 heteroatoms. The lowest BCUT2D eigenvalue weighted by atomic mass is 10.1. The van der Waals surface area contributed by atoms with Gasteiger partial charge < -0.3 is 20.5 Å². The van der Waals surface area contributed by atoms with E-state index in [2.05, 4.69) is 15.6 Å². The fraction of sp³-hybridized carbons (Fsp3) is 0.136. The van der Waals surface area contributed by atoms with Crippen LogP contribution < -0.4 is 10.6 Å². The number of pyridine rings is 1. The number of anilines is 2. The number of nitrogens with one attached hydrogen (secondary N) is 2. The second kappa shape index (κ2) is 9.84. The van der Waals surface area contributed by atoms with Gasteiger partial charge in [0.05, 0.1) is 22.6 Å². The van der Waals surface area contributed by atoms with E-state index in [4.69, 9.17) is 4.74 Å². The molecule has 1 aromatic carbocycles. The van der Waals surface area contributed by atoms with E-state index in [9.17, 15) is 24.3 Å². The van der Waals surface area contributed by atoms with E-state index in [1.807, 2.05) is 6.07 Å². The highest BCUT2D eigenvalue weighted by Gasteiger charge is 2.28. The number of carboxylic acid groups (broad SMARTS) is 1. The van der Waals surface area contributed by atoms with Crippen LogP contribution in [0.15, 0.2) is 48.7 Å². The second-order valence-electron chi connectivity index (χ2n) is 6.46. The maximum Gasteiger partial charge on any atom is 0.341 e. The van der Waals surface area contributed by atoms with Gasteiger partial charge in [-0.05, 0) is 43.7 Å². The quantitative estimate of drug-likeness (QED) is 0.463. The van der Waals surface area contributed by atoms with Gasteiger partial charge in [-0.3, -0.25) is 14.6 Å². The summed E-state index contributed by atoms with van der Waals surface area (Å²) < 4.78 is 5.09. The third-order valence-electron chi connectivity index (χ3n) is 4.34. The summed E-state index contributed by atoms with van der Waals surface area (Å²) >= 11 is 0.885. The summed E-state index contributed by atoms with van der Waals surface area (Å²) in [7, 11) is 0. The fourth-order valence-electron chi connectivity index (χ4n) is 2.90. The van der Waals surface area contributed by atoms with Crippen LogP contribution in [-0.2, 0) is 4.74 Å². The zero-order chi connectivity index (χ0) is 23.3. The van der Waals surface area contributed by atoms with Gasteiger partial charge >= 0.3 is 11.9 Å². The number of ether oxygens (including phenoxy) is 1. The number of thiophene rings is 1. The number of carboxylic acids is 1. The number of amides is 2. The molecule has 0 saturated heterocycles. The van der Waals surface area contributed by atoms with Crippen LogP contribution in [0.25, 0.3) is 0 Å². The van der Waals surface area contributed by atoms with Crippen LogP contribution >= 0.6 is 11.3 Å². The Labute approximate surface area is 187 Å². The van der Waals surface area contributed by atoms with Crippen molar-refractivity contribution < 1.29 is 29.0 Å². The molecule has 0 aliphatic carbocycles. The molecule has 0 bridgehead atoms. The molecule has 0 unspecified atom stereocenters. The molecule has 2 heterocycles. The first-order valence-corrected chi connectivity index (χ1v) is 10.3. The zero-order valence-electron chi connectivity index (χ0n) is 17.2. The highest BCUT2D eigenvalue weighted by atomic mass is 32.1. The molecule has 3 aromatic rings. The van der Waals surface area contributed by atoms with Crippen molar-refractivity contribution >= 4 is 45.8 Å². The Bertz CT molecular complexity index is 1190. The molecule has 3 rings (SSSR count). The minimum Gasteiger partial charge on any atom is -0.478 e. The van der Waals surface area contributed by atoms with Gasteiger partial charge in [0.1, 0.15) is 10.7 Å². The molecule has 9 nitrogen and oxygen atoms in total. The average molecular weight is 453 g/mol. The first kappa shape index (κ1) is 22.6. The molecule has 164 valence electrons. The highest BCUT2D eigenvalue weighted by molar-refractivity contribution is 7.19. The summed E-state index contributed by atoms with van der Waals surface area (Å²) in [6, 6.07) is 11.4. The van der Waals surface area contributed by atoms with E-state index in [-0.39, 0.29) is 33.3 Å². The van der Waals surface area contributed by atoms with E-state index in [0.29, 0.717) is 11.3 Å². The first-order valence-electron chi connectivity index (χ1n) is 9.50. The Morgan fingerprint density at radius 1 is 1.03 bits per heavy atom. The van der Waals surface area contributed by atoms with Gasteiger partial charge in [-0.2, -0.15) is 0 Å². The van der Waals surface area contributed by atoms with Crippen LogP contribution in [0.5, 0.6) is 0 Å². The van der Waals surface area contributed by atoms with E-state index in [1.165, 1.54) is 18.3 Å². The number of hydrogen-bond acceptors (Lipinski definition) is 7. The minimum absolute atomic E-state index is 0.0243. The zero-order valence-corrected chi connectivity index (χ0v) is 18.0. The number of benzene rings is 1. The molecule has 0 radical (unpaired) electrons. The smallest absolute Gasteiger partial charge is 0.341 e. The lowest BCUT2D eigenvalue weighted by molar-refractivity contribution is 0.0526. The van der Waals surface area contributed by atoms with Crippen LogP contribution in [0.1, 0.15) is 53.4 Å². The van der Waals surface area contributed by atoms with Crippen molar-refractivity contribution in [2.24, 2.45) is 0 Å². The number of hydrogen-bond donors (Lipinski definition) is 3. The first-order chi connectivity index (χ1) is 15.3. The number of esters is 1. The number of carbonyl (C=O) groups is 4. The number of aromatic carboxylic acids is 1. The average Bonchev–Trinajstić information content (AvgIpc) is 3.10. The van der Waals surface area contributed by atoms with Gasteiger partial charge in [0.25, 0.3) is 11.8 Å². The number of rotatable bonds is 7. The highest BCUT2D eigenvalue weighted by Crippen LogP contribution is 2.34. The van der Waals surface area contributed by atoms with E-state index in [1.54, 1.807) is 38.1 Å². The predicted molar refractivity (Wildman–Crippen MR) is 119 cm³/mol. The molecule has 0 aliphatic rings. The molecule has 2 aromatic heterocycles. The Hall–Kier alpha value is -4.05. The number of carbonyl (C=O) groups excluding carboxylic acids is 3. The van der Waals surface area contributed by atoms with Crippen LogP contribution in [0.3, 0.4) is 0 Å². The van der Waals surface area contributed by atoms with Crippen LogP contribution in [0, 0.1) is 6.92 Å². The molecule has 0 spiro atoms. The van der Waals surface area contributed by atoms with E-state index < -0.39 is 23.8 Å². The SMILES string of the molecule is CCOC(=O)c1c(NC(=O)c2ncccc2C(=O)O)sc(C(=O)Nc2ccccc2)c1C. The van der Waals surface area contributed by atoms with E-state index >= 15 is 0 Å². The lowest BCUT2D eigenvalue weighted by Gasteiger charge is -2.08. The van der Waals surface area contributed by atoms with Crippen molar-refractivity contribution in [3.8, 4) is 0 Å². The molecule has 32 heavy (non-hydrogen) atoms. The van der Waals surface area contributed by atoms with Crippen LogP contribution in [-0.4, -0.2) is 40.5 Å². The van der Waals surface area contributed by atoms with Crippen LogP contribution in [0.2, 0.25) is 0 Å². The number of para-hydroxylation sites is 1. The summed E-state index contributed by atoms with van der Waals surface area (Å²) in [5.41, 5.74) is 0.301. The maximum absolute atomic E-state index is 12.8. The summed E-state index contributed by atoms with van der Waals surface area (Å²) in [6.07, 6.45) is 1.28. The van der Waals surface area contributed by atoms with Crippen molar-refractivity contribution in [1.82, 2.24) is 4.98 Å². The Morgan fingerprint density at radius 3 is 2.41 bits per heavy atom. The largest absolute Gasteiger partial charge is 0.478 e. The summed E-state index contributed by atoms with van der Waals surface area (Å²) in [6.45, 7) is 3.30. The predicted octanol–water partition coefficient (Wildman–Crippen LogP) is 3.83. The Balaban J connectivity index is 1.98. The Morgan fingerprint density at radius 2 is 1.75 bits per heavy atom.